The Balaban J connectivity index is 3.30. The lowest BCUT2D eigenvalue weighted by molar-refractivity contribution is 0.227. The van der Waals surface area contributed by atoms with Gasteiger partial charge in [0.25, 0.3) is 0 Å². The number of rotatable bonds is 5. The smallest absolute Gasteiger partial charge is 0.203 e. The molecule has 0 saturated carbocycles. The largest absolute Gasteiger partial charge is 0.493 e. The van der Waals surface area contributed by atoms with Crippen molar-refractivity contribution >= 4 is 0 Å². The lowest BCUT2D eigenvalue weighted by Gasteiger charge is -2.15. The van der Waals surface area contributed by atoms with Gasteiger partial charge in [-0.05, 0) is 17.7 Å². The maximum atomic E-state index is 9.66. The molecule has 0 radical (unpaired) electrons. The first-order valence-corrected chi connectivity index (χ1v) is 4.78. The molecule has 0 heterocycles. The van der Waals surface area contributed by atoms with Crippen molar-refractivity contribution in [3.63, 3.8) is 0 Å². The zero-order valence-electron chi connectivity index (χ0n) is 9.69. The third-order valence-corrected chi connectivity index (χ3v) is 2.25. The minimum atomic E-state index is -0.756. The van der Waals surface area contributed by atoms with E-state index in [-0.39, 0.29) is 0 Å². The van der Waals surface area contributed by atoms with Crippen LogP contribution in [-0.4, -0.2) is 26.4 Å². The van der Waals surface area contributed by atoms with E-state index in [0.717, 1.165) is 0 Å². The molecule has 1 unspecified atom stereocenters. The highest BCUT2D eigenvalue weighted by Crippen LogP contribution is 2.39. The summed E-state index contributed by atoms with van der Waals surface area (Å²) < 4.78 is 15.5. The van der Waals surface area contributed by atoms with Crippen LogP contribution >= 0.6 is 0 Å². The number of hydrogen-bond donors (Lipinski definition) is 1. The highest BCUT2D eigenvalue weighted by Gasteiger charge is 2.15. The first-order valence-electron chi connectivity index (χ1n) is 4.78. The van der Waals surface area contributed by atoms with E-state index >= 15 is 0 Å². The quantitative estimate of drug-likeness (QED) is 0.776. The predicted octanol–water partition coefficient (Wildman–Crippen LogP) is 1.93. The van der Waals surface area contributed by atoms with Gasteiger partial charge in [0.1, 0.15) is 0 Å². The Labute approximate surface area is 95.1 Å². The minimum absolute atomic E-state index is 0.505. The molecule has 1 N–H and O–H groups in total. The summed E-state index contributed by atoms with van der Waals surface area (Å²) >= 11 is 0. The third kappa shape index (κ3) is 2.28. The molecule has 0 spiro atoms. The second kappa shape index (κ2) is 5.42. The Morgan fingerprint density at radius 2 is 1.62 bits per heavy atom. The lowest BCUT2D eigenvalue weighted by atomic mass is 10.1. The number of methoxy groups -OCH3 is 3. The normalized spacial score (nSPS) is 11.8. The van der Waals surface area contributed by atoms with Crippen molar-refractivity contribution in [2.75, 3.05) is 21.3 Å². The standard InChI is InChI=1S/C12H16O4/c1-5-9(13)8-6-10(14-2)12(16-4)11(7-8)15-3/h5-7,9,13H,1H2,2-4H3. The van der Waals surface area contributed by atoms with Crippen LogP contribution in [0.1, 0.15) is 11.7 Å². The number of aliphatic hydroxyl groups excluding tert-OH is 1. The van der Waals surface area contributed by atoms with Crippen LogP contribution in [0, 0.1) is 0 Å². The summed E-state index contributed by atoms with van der Waals surface area (Å²) in [5.41, 5.74) is 0.643. The van der Waals surface area contributed by atoms with Gasteiger partial charge in [0.15, 0.2) is 11.5 Å². The van der Waals surface area contributed by atoms with Crippen LogP contribution in [0.2, 0.25) is 0 Å². The van der Waals surface area contributed by atoms with Crippen LogP contribution in [0.4, 0.5) is 0 Å². The molecule has 16 heavy (non-hydrogen) atoms. The van der Waals surface area contributed by atoms with Crippen LogP contribution < -0.4 is 14.2 Å². The van der Waals surface area contributed by atoms with Crippen molar-refractivity contribution in [1.29, 1.82) is 0 Å². The van der Waals surface area contributed by atoms with Gasteiger partial charge in [0.05, 0.1) is 27.4 Å². The second-order valence-electron chi connectivity index (χ2n) is 3.14. The van der Waals surface area contributed by atoms with Gasteiger partial charge in [0.2, 0.25) is 5.75 Å². The van der Waals surface area contributed by atoms with Gasteiger partial charge >= 0.3 is 0 Å². The molecule has 1 rings (SSSR count). The molecule has 4 nitrogen and oxygen atoms in total. The molecule has 4 heteroatoms. The summed E-state index contributed by atoms with van der Waals surface area (Å²) in [5, 5.41) is 9.66. The van der Waals surface area contributed by atoms with Crippen LogP contribution in [-0.2, 0) is 0 Å². The minimum Gasteiger partial charge on any atom is -0.493 e. The van der Waals surface area contributed by atoms with Crippen molar-refractivity contribution in [3.8, 4) is 17.2 Å². The van der Waals surface area contributed by atoms with Gasteiger partial charge in [-0.2, -0.15) is 0 Å². The summed E-state index contributed by atoms with van der Waals surface area (Å²) in [5.74, 6) is 1.53. The Bertz CT molecular complexity index is 348. The number of ether oxygens (including phenoxy) is 3. The zero-order valence-corrected chi connectivity index (χ0v) is 9.69. The van der Waals surface area contributed by atoms with E-state index in [9.17, 15) is 5.11 Å². The second-order valence-corrected chi connectivity index (χ2v) is 3.14. The highest BCUT2D eigenvalue weighted by molar-refractivity contribution is 5.54. The molecule has 0 amide bonds. The van der Waals surface area contributed by atoms with Crippen LogP contribution in [0.3, 0.4) is 0 Å². The van der Waals surface area contributed by atoms with Crippen molar-refractivity contribution in [1.82, 2.24) is 0 Å². The highest BCUT2D eigenvalue weighted by atomic mass is 16.5. The van der Waals surface area contributed by atoms with E-state index < -0.39 is 6.10 Å². The van der Waals surface area contributed by atoms with E-state index in [2.05, 4.69) is 6.58 Å². The monoisotopic (exact) mass is 224 g/mol. The van der Waals surface area contributed by atoms with Gasteiger partial charge in [-0.1, -0.05) is 6.08 Å². The summed E-state index contributed by atoms with van der Waals surface area (Å²) in [6.45, 7) is 3.53. The molecule has 1 aromatic rings. The molecule has 0 aromatic heterocycles. The fourth-order valence-electron chi connectivity index (χ4n) is 1.41. The molecule has 1 aromatic carbocycles. The molecule has 0 saturated heterocycles. The maximum absolute atomic E-state index is 9.66. The molecular formula is C12H16O4. The molecule has 1 atom stereocenters. The summed E-state index contributed by atoms with van der Waals surface area (Å²) in [6.07, 6.45) is 0.675. The van der Waals surface area contributed by atoms with Crippen LogP contribution in [0.15, 0.2) is 24.8 Å². The fourth-order valence-corrected chi connectivity index (χ4v) is 1.41. The fraction of sp³-hybridized carbons (Fsp3) is 0.333. The lowest BCUT2D eigenvalue weighted by Crippen LogP contribution is -1.99. The Morgan fingerprint density at radius 3 is 1.94 bits per heavy atom. The SMILES string of the molecule is C=CC(O)c1cc(OC)c(OC)c(OC)c1. The summed E-state index contributed by atoms with van der Waals surface area (Å²) in [7, 11) is 4.59. The van der Waals surface area contributed by atoms with Crippen molar-refractivity contribution < 1.29 is 19.3 Å². The molecule has 0 bridgehead atoms. The summed E-state index contributed by atoms with van der Waals surface area (Å²) in [4.78, 5) is 0. The van der Waals surface area contributed by atoms with Gasteiger partial charge in [-0.3, -0.25) is 0 Å². The number of benzene rings is 1. The third-order valence-electron chi connectivity index (χ3n) is 2.25. The summed E-state index contributed by atoms with van der Waals surface area (Å²) in [6, 6.07) is 3.38. The zero-order chi connectivity index (χ0) is 12.1. The number of hydrogen-bond acceptors (Lipinski definition) is 4. The Morgan fingerprint density at radius 1 is 1.12 bits per heavy atom. The average Bonchev–Trinajstić information content (AvgIpc) is 2.35. The Hall–Kier alpha value is -1.68. The molecule has 0 aliphatic carbocycles. The van der Waals surface area contributed by atoms with Crippen molar-refractivity contribution in [3.05, 3.63) is 30.4 Å². The van der Waals surface area contributed by atoms with Gasteiger partial charge in [-0.15, -0.1) is 6.58 Å². The topological polar surface area (TPSA) is 47.9 Å². The Kier molecular flexibility index (Phi) is 4.19. The van der Waals surface area contributed by atoms with E-state index in [1.54, 1.807) is 12.1 Å². The van der Waals surface area contributed by atoms with E-state index in [1.165, 1.54) is 27.4 Å². The van der Waals surface area contributed by atoms with Crippen molar-refractivity contribution in [2.24, 2.45) is 0 Å². The van der Waals surface area contributed by atoms with E-state index in [0.29, 0.717) is 22.8 Å². The molecule has 0 aliphatic rings. The number of aliphatic hydroxyl groups is 1. The van der Waals surface area contributed by atoms with E-state index in [1.807, 2.05) is 0 Å². The maximum Gasteiger partial charge on any atom is 0.203 e. The molecular weight excluding hydrogens is 208 g/mol. The molecule has 88 valence electrons. The van der Waals surface area contributed by atoms with Gasteiger partial charge in [-0.25, -0.2) is 0 Å². The first kappa shape index (κ1) is 12.4. The van der Waals surface area contributed by atoms with E-state index in [4.69, 9.17) is 14.2 Å². The predicted molar refractivity (Wildman–Crippen MR) is 61.3 cm³/mol. The molecule has 0 fully saturated rings. The van der Waals surface area contributed by atoms with Crippen LogP contribution in [0.25, 0.3) is 0 Å². The average molecular weight is 224 g/mol. The van der Waals surface area contributed by atoms with Gasteiger partial charge < -0.3 is 19.3 Å². The van der Waals surface area contributed by atoms with Gasteiger partial charge in [0, 0.05) is 0 Å². The molecule has 0 aliphatic heterocycles. The first-order chi connectivity index (χ1) is 7.67. The van der Waals surface area contributed by atoms with Crippen LogP contribution in [0.5, 0.6) is 17.2 Å². The van der Waals surface area contributed by atoms with Crippen molar-refractivity contribution in [2.45, 2.75) is 6.10 Å².